The molecule has 3 aliphatic rings. The van der Waals surface area contributed by atoms with Crippen LogP contribution in [0.25, 0.3) is 0 Å². The molecule has 1 fully saturated rings. The molecule has 86 valence electrons. The predicted octanol–water partition coefficient (Wildman–Crippen LogP) is 4.12. The van der Waals surface area contributed by atoms with Gasteiger partial charge in [-0.05, 0) is 18.8 Å². The van der Waals surface area contributed by atoms with Crippen molar-refractivity contribution in [2.45, 2.75) is 38.5 Å². The molecule has 0 radical (unpaired) electrons. The molecule has 0 aromatic rings. The zero-order valence-corrected chi connectivity index (χ0v) is 10.6. The Bertz CT molecular complexity index is 376. The van der Waals surface area contributed by atoms with Crippen molar-refractivity contribution < 1.29 is 17.1 Å². The second-order valence-corrected chi connectivity index (χ2v) is 4.72. The van der Waals surface area contributed by atoms with E-state index >= 15 is 0 Å². The zero-order chi connectivity index (χ0) is 10.1. The molecule has 16 heavy (non-hydrogen) atoms. The molecule has 0 saturated heterocycles. The quantitative estimate of drug-likeness (QED) is 0.513. The van der Waals surface area contributed by atoms with Gasteiger partial charge in [0, 0.05) is 17.1 Å². The van der Waals surface area contributed by atoms with Crippen LogP contribution in [0.2, 0.25) is 0 Å². The summed E-state index contributed by atoms with van der Waals surface area (Å²) in [4.78, 5) is 0. The summed E-state index contributed by atoms with van der Waals surface area (Å²) in [5.41, 5.74) is 4.57. The summed E-state index contributed by atoms with van der Waals surface area (Å²) in [7, 11) is 0. The monoisotopic (exact) mass is 253 g/mol. The summed E-state index contributed by atoms with van der Waals surface area (Å²) >= 11 is 0. The largest absolute Gasteiger partial charge is 0.198 e. The SMILES string of the molecule is [C-]1=C(C2=C(C3CCCC3)C=CC2)C=CC1.[Fe]. The fraction of sp³-hybridized carbons (Fsp3) is 0.467. The molecule has 0 aromatic carbocycles. The van der Waals surface area contributed by atoms with Gasteiger partial charge in [0.05, 0.1) is 0 Å². The maximum atomic E-state index is 3.46. The third kappa shape index (κ3) is 2.12. The molecule has 0 amide bonds. The average Bonchev–Trinajstić information content (AvgIpc) is 3.01. The van der Waals surface area contributed by atoms with Gasteiger partial charge in [-0.25, -0.2) is 0 Å². The molecular weight excluding hydrogens is 236 g/mol. The molecule has 3 aliphatic carbocycles. The van der Waals surface area contributed by atoms with E-state index in [0.29, 0.717) is 0 Å². The summed E-state index contributed by atoms with van der Waals surface area (Å²) in [6.07, 6.45) is 20.4. The van der Waals surface area contributed by atoms with Gasteiger partial charge in [0.2, 0.25) is 0 Å². The maximum absolute atomic E-state index is 3.46. The van der Waals surface area contributed by atoms with E-state index in [4.69, 9.17) is 0 Å². The first-order valence-electron chi connectivity index (χ1n) is 6.12. The van der Waals surface area contributed by atoms with E-state index in [2.05, 4.69) is 30.4 Å². The third-order valence-corrected chi connectivity index (χ3v) is 3.78. The number of hydrogen-bond acceptors (Lipinski definition) is 0. The van der Waals surface area contributed by atoms with Gasteiger partial charge in [-0.15, -0.1) is 11.6 Å². The van der Waals surface area contributed by atoms with Gasteiger partial charge in [0.25, 0.3) is 0 Å². The van der Waals surface area contributed by atoms with Gasteiger partial charge in [0.15, 0.2) is 0 Å². The third-order valence-electron chi connectivity index (χ3n) is 3.78. The molecule has 0 atom stereocenters. The molecule has 0 aliphatic heterocycles. The Hall–Kier alpha value is -0.521. The van der Waals surface area contributed by atoms with E-state index in [1.165, 1.54) is 31.3 Å². The fourth-order valence-corrected chi connectivity index (χ4v) is 3.02. The molecule has 0 nitrogen and oxygen atoms in total. The Morgan fingerprint density at radius 3 is 2.56 bits per heavy atom. The van der Waals surface area contributed by atoms with Crippen LogP contribution < -0.4 is 0 Å². The van der Waals surface area contributed by atoms with Crippen molar-refractivity contribution >= 4 is 0 Å². The molecule has 0 N–H and O–H groups in total. The fourth-order valence-electron chi connectivity index (χ4n) is 3.02. The summed E-state index contributed by atoms with van der Waals surface area (Å²) in [5, 5.41) is 0. The van der Waals surface area contributed by atoms with Crippen molar-refractivity contribution in [3.8, 4) is 0 Å². The van der Waals surface area contributed by atoms with Crippen LogP contribution >= 0.6 is 0 Å². The second kappa shape index (κ2) is 5.21. The number of allylic oxidation sites excluding steroid dienone is 8. The first-order chi connectivity index (χ1) is 7.45. The van der Waals surface area contributed by atoms with Gasteiger partial charge >= 0.3 is 0 Å². The molecule has 0 heterocycles. The van der Waals surface area contributed by atoms with Crippen LogP contribution in [-0.2, 0) is 17.1 Å². The Balaban J connectivity index is 0.000000963. The maximum Gasteiger partial charge on any atom is 0 e. The van der Waals surface area contributed by atoms with Gasteiger partial charge in [-0.3, -0.25) is 0 Å². The Morgan fingerprint density at radius 2 is 1.88 bits per heavy atom. The molecule has 0 aromatic heterocycles. The predicted molar refractivity (Wildman–Crippen MR) is 63.3 cm³/mol. The standard InChI is InChI=1S/C15H17.Fe/c1-2-7-12(6-1)14-10-5-11-15(14)13-8-3-4-9-13;/h1,5-6,11,13H,2-4,8-10H2;/q-1;. The smallest absolute Gasteiger partial charge is 0 e. The average molecular weight is 253 g/mol. The topological polar surface area (TPSA) is 0 Å². The zero-order valence-electron chi connectivity index (χ0n) is 9.48. The minimum Gasteiger partial charge on any atom is -0.198 e. The molecule has 1 heteroatoms. The first kappa shape index (κ1) is 12.0. The van der Waals surface area contributed by atoms with Crippen molar-refractivity contribution in [3.63, 3.8) is 0 Å². The summed E-state index contributed by atoms with van der Waals surface area (Å²) in [5.74, 6) is 0.849. The van der Waals surface area contributed by atoms with Crippen molar-refractivity contribution in [3.05, 3.63) is 47.1 Å². The van der Waals surface area contributed by atoms with Crippen LogP contribution in [0.4, 0.5) is 0 Å². The summed E-state index contributed by atoms with van der Waals surface area (Å²) in [6.45, 7) is 0. The summed E-state index contributed by atoms with van der Waals surface area (Å²) in [6, 6.07) is 0. The van der Waals surface area contributed by atoms with Gasteiger partial charge in [-0.1, -0.05) is 43.4 Å². The first-order valence-corrected chi connectivity index (χ1v) is 6.12. The minimum absolute atomic E-state index is 0. The summed E-state index contributed by atoms with van der Waals surface area (Å²) < 4.78 is 0. The Kier molecular flexibility index (Phi) is 3.89. The van der Waals surface area contributed by atoms with E-state index in [1.54, 1.807) is 11.1 Å². The van der Waals surface area contributed by atoms with Crippen molar-refractivity contribution in [2.75, 3.05) is 0 Å². The van der Waals surface area contributed by atoms with Crippen molar-refractivity contribution in [1.82, 2.24) is 0 Å². The van der Waals surface area contributed by atoms with Gasteiger partial charge < -0.3 is 0 Å². The van der Waals surface area contributed by atoms with Crippen LogP contribution in [0.3, 0.4) is 0 Å². The Labute approximate surface area is 109 Å². The molecule has 0 bridgehead atoms. The van der Waals surface area contributed by atoms with Crippen molar-refractivity contribution in [1.29, 1.82) is 0 Å². The van der Waals surface area contributed by atoms with Gasteiger partial charge in [0.1, 0.15) is 0 Å². The number of rotatable bonds is 2. The Morgan fingerprint density at radius 1 is 1.06 bits per heavy atom. The molecular formula is C15H17Fe-. The van der Waals surface area contributed by atoms with E-state index in [0.717, 1.165) is 18.8 Å². The van der Waals surface area contributed by atoms with Gasteiger partial charge in [-0.2, -0.15) is 17.7 Å². The molecule has 3 rings (SSSR count). The minimum atomic E-state index is 0. The van der Waals surface area contributed by atoms with E-state index in [1.807, 2.05) is 0 Å². The molecule has 0 unspecified atom stereocenters. The van der Waals surface area contributed by atoms with Crippen LogP contribution in [0.15, 0.2) is 41.0 Å². The van der Waals surface area contributed by atoms with E-state index < -0.39 is 0 Å². The van der Waals surface area contributed by atoms with E-state index in [-0.39, 0.29) is 17.1 Å². The second-order valence-electron chi connectivity index (χ2n) is 4.72. The van der Waals surface area contributed by atoms with Crippen molar-refractivity contribution in [2.24, 2.45) is 5.92 Å². The van der Waals surface area contributed by atoms with Crippen LogP contribution in [0.1, 0.15) is 38.5 Å². The molecule has 1 saturated carbocycles. The van der Waals surface area contributed by atoms with Crippen LogP contribution in [-0.4, -0.2) is 0 Å². The number of hydrogen-bond donors (Lipinski definition) is 0. The van der Waals surface area contributed by atoms with E-state index in [9.17, 15) is 0 Å². The molecule has 0 spiro atoms. The normalized spacial score (nSPS) is 24.1. The van der Waals surface area contributed by atoms with Crippen LogP contribution in [0, 0.1) is 12.0 Å². The van der Waals surface area contributed by atoms with Crippen LogP contribution in [0.5, 0.6) is 0 Å².